The Bertz CT molecular complexity index is 2900. The Balaban J connectivity index is 0.852. The Hall–Kier alpha value is -5.86. The Kier molecular flexibility index (Phi) is 9.84. The van der Waals surface area contributed by atoms with Crippen LogP contribution in [0.1, 0.15) is 76.2 Å². The average Bonchev–Trinajstić information content (AvgIpc) is 3.73. The van der Waals surface area contributed by atoms with E-state index in [0.717, 1.165) is 64.2 Å². The van der Waals surface area contributed by atoms with E-state index in [1.165, 1.54) is 83.5 Å². The summed E-state index contributed by atoms with van der Waals surface area (Å²) in [7, 11) is 0. The van der Waals surface area contributed by atoms with Gasteiger partial charge in [-0.05, 0) is 143 Å². The van der Waals surface area contributed by atoms with Crippen molar-refractivity contribution in [3.8, 4) is 0 Å². The summed E-state index contributed by atoms with van der Waals surface area (Å²) in [5.74, 6) is 3.27. The average molecular weight is 808 g/mol. The van der Waals surface area contributed by atoms with Crippen LogP contribution in [0.5, 0.6) is 0 Å². The molecular weight excluding hydrogens is 751 g/mol. The number of nitrogens with zero attached hydrogens (tertiary/aromatic N) is 1. The normalized spacial score (nSPS) is 30.0. The van der Waals surface area contributed by atoms with Crippen molar-refractivity contribution in [2.45, 2.75) is 82.8 Å². The zero-order chi connectivity index (χ0) is 41.0. The molecule has 7 atom stereocenters. The van der Waals surface area contributed by atoms with E-state index in [1.807, 2.05) is 0 Å². The predicted molar refractivity (Wildman–Crippen MR) is 257 cm³/mol. The molecule has 0 aromatic heterocycles. The van der Waals surface area contributed by atoms with Gasteiger partial charge < -0.3 is 9.64 Å². The number of fused-ring (bicyclic) bond motifs is 5. The van der Waals surface area contributed by atoms with Gasteiger partial charge in [0.25, 0.3) is 0 Å². The molecular formula is C60H57NO. The largest absolute Gasteiger partial charge is 0.485 e. The fraction of sp³-hybridized carbons (Fsp3) is 0.300. The smallest absolute Gasteiger partial charge is 0.127 e. The van der Waals surface area contributed by atoms with Crippen molar-refractivity contribution in [3.05, 3.63) is 218 Å². The van der Waals surface area contributed by atoms with Gasteiger partial charge in [0, 0.05) is 40.3 Å². The van der Waals surface area contributed by atoms with E-state index in [0.29, 0.717) is 29.6 Å². The minimum Gasteiger partial charge on any atom is -0.485 e. The van der Waals surface area contributed by atoms with Crippen LogP contribution in [0, 0.1) is 29.6 Å². The third kappa shape index (κ3) is 6.78. The Morgan fingerprint density at radius 3 is 2.42 bits per heavy atom. The van der Waals surface area contributed by atoms with Gasteiger partial charge in [-0.1, -0.05) is 158 Å². The first-order valence-electron chi connectivity index (χ1n) is 23.8. The second-order valence-corrected chi connectivity index (χ2v) is 18.9. The number of rotatable bonds is 7. The molecule has 0 amide bonds. The maximum atomic E-state index is 6.77. The lowest BCUT2D eigenvalue weighted by atomic mass is 9.78. The minimum atomic E-state index is 0.116. The molecule has 10 aliphatic rings. The maximum absolute atomic E-state index is 6.77. The van der Waals surface area contributed by atoms with Crippen molar-refractivity contribution in [2.24, 2.45) is 29.6 Å². The Morgan fingerprint density at radius 2 is 1.56 bits per heavy atom. The van der Waals surface area contributed by atoms with Gasteiger partial charge in [0.2, 0.25) is 0 Å². The van der Waals surface area contributed by atoms with Crippen molar-refractivity contribution < 1.29 is 4.74 Å². The lowest BCUT2D eigenvalue weighted by Crippen LogP contribution is -2.44. The molecule has 2 heteroatoms. The van der Waals surface area contributed by atoms with Crippen LogP contribution in [0.2, 0.25) is 0 Å². The molecule has 1 heterocycles. The molecule has 62 heavy (non-hydrogen) atoms. The molecule has 2 aromatic carbocycles. The molecule has 0 N–H and O–H groups in total. The molecule has 1 aliphatic heterocycles. The first-order chi connectivity index (χ1) is 30.7. The van der Waals surface area contributed by atoms with Crippen molar-refractivity contribution >= 4 is 29.0 Å². The molecule has 0 radical (unpaired) electrons. The zero-order valence-corrected chi connectivity index (χ0v) is 35.8. The highest BCUT2D eigenvalue weighted by molar-refractivity contribution is 5.71. The molecule has 12 rings (SSSR count). The summed E-state index contributed by atoms with van der Waals surface area (Å²) in [5, 5.41) is 5.64. The molecule has 0 saturated carbocycles. The van der Waals surface area contributed by atoms with Crippen LogP contribution in [0.3, 0.4) is 0 Å². The highest BCUT2D eigenvalue weighted by Crippen LogP contribution is 2.48. The summed E-state index contributed by atoms with van der Waals surface area (Å²) in [4.78, 5) is 2.76. The second-order valence-electron chi connectivity index (χ2n) is 18.9. The lowest BCUT2D eigenvalue weighted by molar-refractivity contribution is 0.167. The van der Waals surface area contributed by atoms with Crippen LogP contribution in [0.25, 0.3) is 29.0 Å². The van der Waals surface area contributed by atoms with E-state index in [-0.39, 0.29) is 12.1 Å². The predicted octanol–water partition coefficient (Wildman–Crippen LogP) is 11.0. The van der Waals surface area contributed by atoms with Gasteiger partial charge in [-0.3, -0.25) is 0 Å². The van der Waals surface area contributed by atoms with Crippen molar-refractivity contribution in [3.63, 3.8) is 0 Å². The summed E-state index contributed by atoms with van der Waals surface area (Å²) in [5.41, 5.74) is 13.1. The molecule has 2 aromatic rings. The van der Waals surface area contributed by atoms with Gasteiger partial charge in [0.1, 0.15) is 11.9 Å². The van der Waals surface area contributed by atoms with Crippen LogP contribution >= 0.6 is 0 Å². The second kappa shape index (κ2) is 16.1. The van der Waals surface area contributed by atoms with Crippen LogP contribution in [-0.4, -0.2) is 17.0 Å². The van der Waals surface area contributed by atoms with Crippen molar-refractivity contribution in [2.75, 3.05) is 0 Å². The fourth-order valence-electron chi connectivity index (χ4n) is 12.2. The molecule has 0 spiro atoms. The summed E-state index contributed by atoms with van der Waals surface area (Å²) in [6.07, 6.45) is 62.8. The van der Waals surface area contributed by atoms with E-state index in [4.69, 9.17) is 4.74 Å². The monoisotopic (exact) mass is 807 g/mol. The van der Waals surface area contributed by atoms with Gasteiger partial charge in [0.15, 0.2) is 0 Å². The summed E-state index contributed by atoms with van der Waals surface area (Å²) in [6.45, 7) is 0. The molecule has 0 fully saturated rings. The van der Waals surface area contributed by atoms with Gasteiger partial charge in [-0.25, -0.2) is 0 Å². The first-order valence-corrected chi connectivity index (χ1v) is 23.8. The van der Waals surface area contributed by atoms with Crippen LogP contribution in [-0.2, 0) is 4.74 Å². The van der Waals surface area contributed by atoms with Crippen LogP contribution in [0.15, 0.2) is 192 Å². The van der Waals surface area contributed by atoms with E-state index in [1.54, 1.807) is 0 Å². The molecule has 7 unspecified atom stereocenters. The highest BCUT2D eigenvalue weighted by Gasteiger charge is 2.40. The quantitative estimate of drug-likeness (QED) is 0.276. The topological polar surface area (TPSA) is 12.5 Å². The summed E-state index contributed by atoms with van der Waals surface area (Å²) < 4.78 is 6.77. The zero-order valence-electron chi connectivity index (χ0n) is 35.8. The molecule has 9 aliphatic carbocycles. The lowest BCUT2D eigenvalue weighted by Gasteiger charge is -2.40. The number of benzene rings is 2. The van der Waals surface area contributed by atoms with E-state index in [9.17, 15) is 0 Å². The van der Waals surface area contributed by atoms with E-state index in [2.05, 4.69) is 175 Å². The Labute approximate surface area is 367 Å². The molecule has 0 bridgehead atoms. The van der Waals surface area contributed by atoms with Crippen LogP contribution < -0.4 is 20.9 Å². The molecule has 2 nitrogen and oxygen atoms in total. The van der Waals surface area contributed by atoms with Gasteiger partial charge >= 0.3 is 0 Å². The van der Waals surface area contributed by atoms with E-state index >= 15 is 0 Å². The van der Waals surface area contributed by atoms with Crippen LogP contribution in [0.4, 0.5) is 0 Å². The Morgan fingerprint density at radius 1 is 0.629 bits per heavy atom. The first kappa shape index (κ1) is 37.9. The minimum absolute atomic E-state index is 0.116. The number of allylic oxidation sites excluding steroid dienone is 19. The third-order valence-electron chi connectivity index (χ3n) is 15.4. The van der Waals surface area contributed by atoms with Gasteiger partial charge in [-0.2, -0.15) is 0 Å². The summed E-state index contributed by atoms with van der Waals surface area (Å²) in [6, 6.07) is 16.4. The third-order valence-corrected chi connectivity index (χ3v) is 15.4. The SMILES string of the molecule is C1=CCCC(c2cccc3c2=CC(C2=CCC(N(C4=CCC(C5=CC6C7=C(OC6C=C5)C(C5C=CC=CC5)=CCC7)C=C4)C4=c5ccccc5=C5C=CCCC5C4)C=C2)CC=3)=C1. The number of hydrogen-bond acceptors (Lipinski definition) is 2. The number of ether oxygens (including phenoxy) is 1. The fourth-order valence-corrected chi connectivity index (χ4v) is 12.2. The van der Waals surface area contributed by atoms with Crippen molar-refractivity contribution in [1.29, 1.82) is 0 Å². The highest BCUT2D eigenvalue weighted by atomic mass is 16.5. The van der Waals surface area contributed by atoms with Gasteiger partial charge in [0.05, 0.1) is 6.04 Å². The standard InChI is InChI=1S/C60H57NO/c1-3-13-42(14-4-1)50-22-11-18-44-25-26-45(37-56(44)50)40-27-32-48(33-28-40)61(58-39-47-17-7-8-19-51(47)53-20-9-10-21-54(53)58)49-34-29-41(30-35-49)46-31-36-59-57(38-46)55-24-12-23-52(60(55)62-59)43-15-5-2-6-16-43/h1-3,5-6,8-11,13,15,18-23,25,27-29,31-32,34-38,41,43,45,47-48,57,59H,4,7,12,14,16-17,24,26,30,33,39H2. The number of hydrogen-bond donors (Lipinski definition) is 0. The molecule has 0 saturated heterocycles. The molecule has 308 valence electrons. The maximum Gasteiger partial charge on any atom is 0.127 e. The van der Waals surface area contributed by atoms with E-state index < -0.39 is 0 Å². The van der Waals surface area contributed by atoms with Gasteiger partial charge in [-0.15, -0.1) is 0 Å². The summed E-state index contributed by atoms with van der Waals surface area (Å²) >= 11 is 0. The van der Waals surface area contributed by atoms with Crippen molar-refractivity contribution in [1.82, 2.24) is 4.90 Å².